The first-order valence-electron chi connectivity index (χ1n) is 11.1. The maximum Gasteiger partial charge on any atom is 0.251 e. The number of carbonyl (C=O) groups excluding carboxylic acids is 1. The molecule has 2 atom stereocenters. The van der Waals surface area contributed by atoms with Crippen LogP contribution in [0.4, 0.5) is 0 Å². The van der Waals surface area contributed by atoms with Gasteiger partial charge in [0.1, 0.15) is 5.76 Å². The molecule has 1 aromatic carbocycles. The molecule has 3 heterocycles. The van der Waals surface area contributed by atoms with Gasteiger partial charge < -0.3 is 9.73 Å². The molecule has 2 fully saturated rings. The Morgan fingerprint density at radius 3 is 2.61 bits per heavy atom. The number of nitrogens with zero attached hydrogens (tertiary/aromatic N) is 2. The lowest BCUT2D eigenvalue weighted by Gasteiger charge is -2.32. The van der Waals surface area contributed by atoms with Crippen LogP contribution in [0.2, 0.25) is 0 Å². The van der Waals surface area contributed by atoms with E-state index in [0.29, 0.717) is 18.7 Å². The number of likely N-dealkylation sites (tertiary alicyclic amines) is 1. The van der Waals surface area contributed by atoms with Gasteiger partial charge in [0.2, 0.25) is 10.0 Å². The molecule has 4 rings (SSSR count). The van der Waals surface area contributed by atoms with Crippen molar-refractivity contribution in [3.05, 3.63) is 54.0 Å². The van der Waals surface area contributed by atoms with Crippen molar-refractivity contribution in [2.75, 3.05) is 26.2 Å². The molecule has 7 nitrogen and oxygen atoms in total. The molecule has 0 radical (unpaired) electrons. The fourth-order valence-electron chi connectivity index (χ4n) is 4.60. The highest BCUT2D eigenvalue weighted by molar-refractivity contribution is 7.89. The summed E-state index contributed by atoms with van der Waals surface area (Å²) >= 11 is 0. The molecule has 2 saturated heterocycles. The third kappa shape index (κ3) is 4.86. The molecule has 2 aliphatic rings. The van der Waals surface area contributed by atoms with Crippen LogP contribution in [0.5, 0.6) is 0 Å². The van der Waals surface area contributed by atoms with Crippen molar-refractivity contribution >= 4 is 15.9 Å². The first-order valence-corrected chi connectivity index (χ1v) is 12.6. The van der Waals surface area contributed by atoms with Gasteiger partial charge in [-0.05, 0) is 76.0 Å². The van der Waals surface area contributed by atoms with Gasteiger partial charge in [0.25, 0.3) is 5.91 Å². The first kappa shape index (κ1) is 22.0. The van der Waals surface area contributed by atoms with E-state index >= 15 is 0 Å². The topological polar surface area (TPSA) is 82.9 Å². The molecular formula is C23H31N3O4S. The summed E-state index contributed by atoms with van der Waals surface area (Å²) in [6.45, 7) is 4.83. The summed E-state index contributed by atoms with van der Waals surface area (Å²) in [6, 6.07) is 10.1. The lowest BCUT2D eigenvalue weighted by molar-refractivity contribution is 0.0933. The van der Waals surface area contributed by atoms with Gasteiger partial charge >= 0.3 is 0 Å². The SMILES string of the molecule is C[C@@H]1CCCCN1S(=O)(=O)c1cccc(C(=O)NC[C@@H](c2ccco2)N2CCCC2)c1. The lowest BCUT2D eigenvalue weighted by atomic mass is 10.1. The van der Waals surface area contributed by atoms with Crippen LogP contribution in [-0.4, -0.2) is 55.8 Å². The van der Waals surface area contributed by atoms with Crippen LogP contribution in [0.25, 0.3) is 0 Å². The number of furan rings is 1. The van der Waals surface area contributed by atoms with Gasteiger partial charge in [-0.3, -0.25) is 9.69 Å². The second-order valence-corrected chi connectivity index (χ2v) is 10.4. The van der Waals surface area contributed by atoms with E-state index in [1.807, 2.05) is 19.1 Å². The third-order valence-electron chi connectivity index (χ3n) is 6.35. The van der Waals surface area contributed by atoms with Crippen molar-refractivity contribution in [1.82, 2.24) is 14.5 Å². The summed E-state index contributed by atoms with van der Waals surface area (Å²) in [7, 11) is -3.62. The van der Waals surface area contributed by atoms with Gasteiger partial charge in [-0.2, -0.15) is 4.31 Å². The average Bonchev–Trinajstić information content (AvgIpc) is 3.49. The van der Waals surface area contributed by atoms with E-state index in [1.54, 1.807) is 28.8 Å². The molecule has 0 saturated carbocycles. The van der Waals surface area contributed by atoms with Crippen molar-refractivity contribution in [1.29, 1.82) is 0 Å². The molecule has 31 heavy (non-hydrogen) atoms. The van der Waals surface area contributed by atoms with Crippen molar-refractivity contribution in [3.63, 3.8) is 0 Å². The molecule has 8 heteroatoms. The summed E-state index contributed by atoms with van der Waals surface area (Å²) in [5, 5.41) is 2.98. The van der Waals surface area contributed by atoms with Crippen molar-refractivity contribution in [2.24, 2.45) is 0 Å². The van der Waals surface area contributed by atoms with Crippen LogP contribution in [0.1, 0.15) is 61.2 Å². The van der Waals surface area contributed by atoms with Crippen molar-refractivity contribution < 1.29 is 17.6 Å². The Hall–Kier alpha value is -2.16. The zero-order chi connectivity index (χ0) is 21.8. The molecular weight excluding hydrogens is 414 g/mol. The number of nitrogens with one attached hydrogen (secondary N) is 1. The summed E-state index contributed by atoms with van der Waals surface area (Å²) < 4.78 is 33.5. The van der Waals surface area contributed by atoms with Gasteiger partial charge in [-0.15, -0.1) is 0 Å². The maximum atomic E-state index is 13.1. The molecule has 0 aliphatic carbocycles. The zero-order valence-electron chi connectivity index (χ0n) is 18.0. The number of sulfonamides is 1. The number of piperidine rings is 1. The molecule has 2 aliphatic heterocycles. The van der Waals surface area contributed by atoms with Gasteiger partial charge in [-0.1, -0.05) is 12.5 Å². The van der Waals surface area contributed by atoms with Crippen molar-refractivity contribution in [2.45, 2.75) is 56.0 Å². The predicted octanol–water partition coefficient (Wildman–Crippen LogP) is 3.41. The number of rotatable bonds is 7. The Balaban J connectivity index is 1.47. The van der Waals surface area contributed by atoms with Gasteiger partial charge in [0.05, 0.1) is 17.2 Å². The lowest BCUT2D eigenvalue weighted by Crippen LogP contribution is -2.42. The van der Waals surface area contributed by atoms with E-state index in [9.17, 15) is 13.2 Å². The number of hydrogen-bond acceptors (Lipinski definition) is 5. The summed E-state index contributed by atoms with van der Waals surface area (Å²) in [4.78, 5) is 15.4. The fraction of sp³-hybridized carbons (Fsp3) is 0.522. The second kappa shape index (κ2) is 9.54. The minimum Gasteiger partial charge on any atom is -0.468 e. The smallest absolute Gasteiger partial charge is 0.251 e. The van der Waals surface area contributed by atoms with E-state index in [2.05, 4.69) is 10.2 Å². The minimum atomic E-state index is -3.62. The summed E-state index contributed by atoms with van der Waals surface area (Å²) in [5.41, 5.74) is 0.352. The predicted molar refractivity (Wildman–Crippen MR) is 118 cm³/mol. The molecule has 1 N–H and O–H groups in total. The van der Waals surface area contributed by atoms with E-state index in [-0.39, 0.29) is 22.9 Å². The Bertz CT molecular complexity index is 984. The largest absolute Gasteiger partial charge is 0.468 e. The second-order valence-electron chi connectivity index (χ2n) is 8.47. The van der Waals surface area contributed by atoms with E-state index in [1.165, 1.54) is 6.07 Å². The van der Waals surface area contributed by atoms with Crippen LogP contribution in [-0.2, 0) is 10.0 Å². The zero-order valence-corrected chi connectivity index (χ0v) is 18.8. The number of amides is 1. The highest BCUT2D eigenvalue weighted by atomic mass is 32.2. The van der Waals surface area contributed by atoms with Crippen LogP contribution < -0.4 is 5.32 Å². The Morgan fingerprint density at radius 1 is 1.13 bits per heavy atom. The van der Waals surface area contributed by atoms with Crippen LogP contribution >= 0.6 is 0 Å². The molecule has 0 bridgehead atoms. The Kier molecular flexibility index (Phi) is 6.79. The highest BCUT2D eigenvalue weighted by Crippen LogP contribution is 2.27. The summed E-state index contributed by atoms with van der Waals surface area (Å²) in [5.74, 6) is 0.553. The molecule has 168 valence electrons. The first-order chi connectivity index (χ1) is 15.0. The van der Waals surface area contributed by atoms with Gasteiger partial charge in [0, 0.05) is 24.7 Å². The van der Waals surface area contributed by atoms with E-state index in [0.717, 1.165) is 51.0 Å². The molecule has 1 aromatic heterocycles. The normalized spacial score (nSPS) is 21.8. The fourth-order valence-corrected chi connectivity index (χ4v) is 6.34. The number of carbonyl (C=O) groups is 1. The van der Waals surface area contributed by atoms with Crippen molar-refractivity contribution in [3.8, 4) is 0 Å². The van der Waals surface area contributed by atoms with Gasteiger partial charge in [0.15, 0.2) is 0 Å². The third-order valence-corrected chi connectivity index (χ3v) is 8.36. The number of benzene rings is 1. The molecule has 0 spiro atoms. The van der Waals surface area contributed by atoms with Crippen LogP contribution in [0, 0.1) is 0 Å². The average molecular weight is 446 g/mol. The quantitative estimate of drug-likeness (QED) is 0.706. The number of hydrogen-bond donors (Lipinski definition) is 1. The highest BCUT2D eigenvalue weighted by Gasteiger charge is 2.31. The monoisotopic (exact) mass is 445 g/mol. The molecule has 0 unspecified atom stereocenters. The molecule has 2 aromatic rings. The van der Waals surface area contributed by atoms with Gasteiger partial charge in [-0.25, -0.2) is 8.42 Å². The van der Waals surface area contributed by atoms with Crippen LogP contribution in [0.15, 0.2) is 52.0 Å². The maximum absolute atomic E-state index is 13.1. The molecule has 1 amide bonds. The summed E-state index contributed by atoms with van der Waals surface area (Å²) in [6.07, 6.45) is 6.71. The van der Waals surface area contributed by atoms with Crippen LogP contribution in [0.3, 0.4) is 0 Å². The van der Waals surface area contributed by atoms with E-state index < -0.39 is 10.0 Å². The Labute approximate surface area is 184 Å². The standard InChI is InChI=1S/C23H31N3O4S/c1-18-8-2-3-14-26(18)31(28,29)20-10-6-9-19(16-20)23(27)24-17-21(22-11-7-15-30-22)25-12-4-5-13-25/h6-7,9-11,15-16,18,21H,2-5,8,12-14,17H2,1H3,(H,24,27)/t18-,21+/m1/s1. The Morgan fingerprint density at radius 2 is 1.90 bits per heavy atom. The minimum absolute atomic E-state index is 0.0225. The van der Waals surface area contributed by atoms with E-state index in [4.69, 9.17) is 4.42 Å².